The van der Waals surface area contributed by atoms with E-state index in [0.29, 0.717) is 0 Å². The number of thioether (sulfide) groups is 1. The highest BCUT2D eigenvalue weighted by molar-refractivity contribution is 7.98. The summed E-state index contributed by atoms with van der Waals surface area (Å²) < 4.78 is 5.36. The minimum Gasteiger partial charge on any atom is -0.481 e. The molecule has 40 heavy (non-hydrogen) atoms. The average Bonchev–Trinajstić information content (AvgIpc) is 2.93. The van der Waals surface area contributed by atoms with Gasteiger partial charge in [0.15, 0.2) is 0 Å². The van der Waals surface area contributed by atoms with E-state index in [1.165, 1.54) is 12.1 Å². The number of aliphatic hydroxyl groups excluding tert-OH is 3. The molecule has 0 spiro atoms. The molecule has 0 saturated carbocycles. The van der Waals surface area contributed by atoms with E-state index in [4.69, 9.17) is 15.6 Å². The first kappa shape index (κ1) is 34.5. The fraction of sp³-hybridized carbons (Fsp3) is 0.500. The van der Waals surface area contributed by atoms with Crippen molar-refractivity contribution in [2.24, 2.45) is 5.73 Å². The first-order valence-electron chi connectivity index (χ1n) is 11.9. The predicted molar refractivity (Wildman–Crippen MR) is 141 cm³/mol. The molecule has 4 amide bonds. The molecule has 222 valence electrons. The minimum absolute atomic E-state index is 0.0291. The lowest BCUT2D eigenvalue weighted by atomic mass is 10.0. The summed E-state index contributed by atoms with van der Waals surface area (Å²) in [4.78, 5) is 72.0. The number of nitrogens with one attached hydrogen (secondary N) is 3. The standard InChI is InChI=1S/C24H34N4O11S/c1-40-12-16(24(38)27-14(22(25)36)7-8-19(33)34)26-18(32)11-39-21(20(35)17(31)10-30)15(9-29)28-23(37)13-5-3-2-4-6-13/h2-6,9,14-17,20-21,30-31,35H,7-8,10-12H2,1H3,(H2,25,36)(H,26,32)(H,27,38)(H,28,37)(H,33,34)/t14?,15-,16?,17+,20+,21+/m0/s1. The molecule has 1 rings (SSSR count). The van der Waals surface area contributed by atoms with Crippen molar-refractivity contribution in [2.75, 3.05) is 25.2 Å². The molecule has 0 aliphatic rings. The Morgan fingerprint density at radius 3 is 2.23 bits per heavy atom. The average molecular weight is 587 g/mol. The molecule has 0 aliphatic carbocycles. The lowest BCUT2D eigenvalue weighted by Gasteiger charge is -2.30. The van der Waals surface area contributed by atoms with Crippen molar-refractivity contribution in [1.82, 2.24) is 16.0 Å². The number of carboxylic acids is 1. The van der Waals surface area contributed by atoms with Gasteiger partial charge in [-0.25, -0.2) is 0 Å². The Bertz CT molecular complexity index is 1010. The van der Waals surface area contributed by atoms with E-state index < -0.39 is 85.7 Å². The van der Waals surface area contributed by atoms with Gasteiger partial charge in [-0.2, -0.15) is 11.8 Å². The summed E-state index contributed by atoms with van der Waals surface area (Å²) in [6.07, 6.45) is -4.26. The number of carbonyl (C=O) groups excluding carboxylic acids is 5. The maximum Gasteiger partial charge on any atom is 0.303 e. The predicted octanol–water partition coefficient (Wildman–Crippen LogP) is -3.23. The molecule has 1 aromatic carbocycles. The third-order valence-corrected chi connectivity index (χ3v) is 6.12. The van der Waals surface area contributed by atoms with Gasteiger partial charge in [-0.05, 0) is 24.8 Å². The molecule has 0 fully saturated rings. The van der Waals surface area contributed by atoms with Crippen LogP contribution in [0.3, 0.4) is 0 Å². The summed E-state index contributed by atoms with van der Waals surface area (Å²) in [5, 5.41) is 45.4. The van der Waals surface area contributed by atoms with Gasteiger partial charge in [0.25, 0.3) is 5.91 Å². The largest absolute Gasteiger partial charge is 0.481 e. The first-order valence-corrected chi connectivity index (χ1v) is 13.3. The molecular formula is C24H34N4O11S. The van der Waals surface area contributed by atoms with Gasteiger partial charge in [-0.3, -0.25) is 24.0 Å². The summed E-state index contributed by atoms with van der Waals surface area (Å²) in [7, 11) is 0. The number of benzene rings is 1. The number of hydrogen-bond donors (Lipinski definition) is 8. The second-order valence-corrected chi connectivity index (χ2v) is 9.40. The molecule has 0 heterocycles. The lowest BCUT2D eigenvalue weighted by molar-refractivity contribution is -0.144. The van der Waals surface area contributed by atoms with Crippen LogP contribution in [0.2, 0.25) is 0 Å². The molecule has 0 aromatic heterocycles. The van der Waals surface area contributed by atoms with Gasteiger partial charge in [0.2, 0.25) is 17.7 Å². The molecule has 0 bridgehead atoms. The maximum absolute atomic E-state index is 12.7. The van der Waals surface area contributed by atoms with Crippen LogP contribution in [0.5, 0.6) is 0 Å². The van der Waals surface area contributed by atoms with E-state index in [2.05, 4.69) is 16.0 Å². The number of amides is 4. The lowest BCUT2D eigenvalue weighted by Crippen LogP contribution is -2.56. The maximum atomic E-state index is 12.7. The minimum atomic E-state index is -1.92. The van der Waals surface area contributed by atoms with Crippen LogP contribution >= 0.6 is 11.8 Å². The van der Waals surface area contributed by atoms with Crippen molar-refractivity contribution in [3.05, 3.63) is 35.9 Å². The summed E-state index contributed by atoms with van der Waals surface area (Å²) in [5.41, 5.74) is 5.40. The molecule has 0 saturated heterocycles. The Kier molecular flexibility index (Phi) is 15.4. The number of carboxylic acid groups (broad SMARTS) is 1. The van der Waals surface area contributed by atoms with Crippen LogP contribution in [0, 0.1) is 0 Å². The fourth-order valence-electron chi connectivity index (χ4n) is 3.34. The molecule has 1 aromatic rings. The SMILES string of the molecule is CSCC(NC(=O)CO[C@@H]([C@H](O)[C@H](O)CO)[C@H](C=O)NC(=O)c1ccccc1)C(=O)NC(CCC(=O)O)C(N)=O. The topological polar surface area (TPSA) is 255 Å². The Labute approximate surface area is 233 Å². The van der Waals surface area contributed by atoms with Gasteiger partial charge in [0.1, 0.15) is 49.3 Å². The normalized spacial score (nSPS) is 15.4. The van der Waals surface area contributed by atoms with E-state index in [-0.39, 0.29) is 24.0 Å². The van der Waals surface area contributed by atoms with Gasteiger partial charge in [0, 0.05) is 17.7 Å². The van der Waals surface area contributed by atoms with Crippen LogP contribution in [-0.2, 0) is 28.7 Å². The number of nitrogens with two attached hydrogens (primary N) is 1. The fourth-order valence-corrected chi connectivity index (χ4v) is 3.91. The van der Waals surface area contributed by atoms with Crippen molar-refractivity contribution >= 4 is 47.6 Å². The monoisotopic (exact) mass is 586 g/mol. The number of aliphatic hydroxyl groups is 3. The van der Waals surface area contributed by atoms with Crippen molar-refractivity contribution in [3.63, 3.8) is 0 Å². The number of aldehydes is 1. The van der Waals surface area contributed by atoms with E-state index in [1.54, 1.807) is 24.5 Å². The summed E-state index contributed by atoms with van der Waals surface area (Å²) in [5.74, 6) is -4.60. The highest BCUT2D eigenvalue weighted by Gasteiger charge is 2.35. The summed E-state index contributed by atoms with van der Waals surface area (Å²) in [6.45, 7) is -1.79. The Hall–Kier alpha value is -3.57. The second kappa shape index (κ2) is 17.9. The summed E-state index contributed by atoms with van der Waals surface area (Å²) in [6, 6.07) is 3.65. The summed E-state index contributed by atoms with van der Waals surface area (Å²) >= 11 is 1.16. The Morgan fingerprint density at radius 2 is 1.70 bits per heavy atom. The number of aliphatic carboxylic acids is 1. The van der Waals surface area contributed by atoms with Gasteiger partial charge in [-0.15, -0.1) is 0 Å². The number of rotatable bonds is 19. The first-order chi connectivity index (χ1) is 18.9. The van der Waals surface area contributed by atoms with Crippen molar-refractivity contribution in [1.29, 1.82) is 0 Å². The zero-order valence-electron chi connectivity index (χ0n) is 21.6. The highest BCUT2D eigenvalue weighted by atomic mass is 32.2. The van der Waals surface area contributed by atoms with Crippen LogP contribution in [0.25, 0.3) is 0 Å². The molecule has 6 atom stereocenters. The zero-order chi connectivity index (χ0) is 30.2. The van der Waals surface area contributed by atoms with E-state index >= 15 is 0 Å². The van der Waals surface area contributed by atoms with Gasteiger partial charge < -0.3 is 51.6 Å². The third kappa shape index (κ3) is 11.7. The van der Waals surface area contributed by atoms with Crippen molar-refractivity contribution in [3.8, 4) is 0 Å². The van der Waals surface area contributed by atoms with Crippen molar-refractivity contribution in [2.45, 2.75) is 49.3 Å². The molecular weight excluding hydrogens is 552 g/mol. The van der Waals surface area contributed by atoms with E-state index in [1.807, 2.05) is 0 Å². The quantitative estimate of drug-likeness (QED) is 0.0745. The number of primary amides is 1. The van der Waals surface area contributed by atoms with Crippen LogP contribution in [0.4, 0.5) is 0 Å². The van der Waals surface area contributed by atoms with Crippen LogP contribution < -0.4 is 21.7 Å². The number of hydrogen-bond acceptors (Lipinski definition) is 11. The van der Waals surface area contributed by atoms with E-state index in [9.17, 15) is 44.1 Å². The number of carbonyl (C=O) groups is 6. The Morgan fingerprint density at radius 1 is 1.05 bits per heavy atom. The molecule has 16 heteroatoms. The smallest absolute Gasteiger partial charge is 0.303 e. The Balaban J connectivity index is 2.96. The van der Waals surface area contributed by atoms with Crippen LogP contribution in [0.15, 0.2) is 30.3 Å². The molecule has 15 nitrogen and oxygen atoms in total. The zero-order valence-corrected chi connectivity index (χ0v) is 22.4. The molecule has 0 radical (unpaired) electrons. The molecule has 0 aliphatic heterocycles. The second-order valence-electron chi connectivity index (χ2n) is 8.49. The molecule has 9 N–H and O–H groups in total. The van der Waals surface area contributed by atoms with Gasteiger partial charge in [-0.1, -0.05) is 18.2 Å². The highest BCUT2D eigenvalue weighted by Crippen LogP contribution is 2.11. The van der Waals surface area contributed by atoms with Gasteiger partial charge >= 0.3 is 5.97 Å². The van der Waals surface area contributed by atoms with Crippen LogP contribution in [-0.4, -0.2) is 118 Å². The number of ether oxygens (including phenoxy) is 1. The van der Waals surface area contributed by atoms with Crippen molar-refractivity contribution < 1.29 is 53.9 Å². The van der Waals surface area contributed by atoms with Crippen LogP contribution in [0.1, 0.15) is 23.2 Å². The van der Waals surface area contributed by atoms with Gasteiger partial charge in [0.05, 0.1) is 6.61 Å². The molecule has 2 unspecified atom stereocenters. The third-order valence-electron chi connectivity index (χ3n) is 5.45. The van der Waals surface area contributed by atoms with E-state index in [0.717, 1.165) is 11.8 Å².